The van der Waals surface area contributed by atoms with Crippen molar-refractivity contribution in [2.24, 2.45) is 0 Å². The number of rotatable bonds is 5. The second-order valence-corrected chi connectivity index (χ2v) is 11.4. The third kappa shape index (κ3) is 4.46. The highest BCUT2D eigenvalue weighted by atomic mass is 32.2. The molecule has 2 fully saturated rings. The van der Waals surface area contributed by atoms with E-state index in [9.17, 15) is 22.5 Å². The summed E-state index contributed by atoms with van der Waals surface area (Å²) in [6.07, 6.45) is 6.13. The summed E-state index contributed by atoms with van der Waals surface area (Å²) in [5.41, 5.74) is -3.59. The fraction of sp³-hybridized carbons (Fsp3) is 0.545. The molecule has 1 saturated heterocycles. The Balaban J connectivity index is 1.27. The Hall–Kier alpha value is -1.85. The summed E-state index contributed by atoms with van der Waals surface area (Å²) in [7, 11) is -1.20. The van der Waals surface area contributed by atoms with Gasteiger partial charge in [0.25, 0.3) is 0 Å². The highest BCUT2D eigenvalue weighted by molar-refractivity contribution is 8.00. The molecule has 33 heavy (non-hydrogen) atoms. The Labute approximate surface area is 197 Å². The van der Waals surface area contributed by atoms with Gasteiger partial charge in [0, 0.05) is 18.0 Å². The molecule has 5 rings (SSSR count). The first-order valence-electron chi connectivity index (χ1n) is 11.0. The van der Waals surface area contributed by atoms with Crippen LogP contribution in [0.5, 0.6) is 0 Å². The number of halogens is 3. The molecular formula is C22H25F3N4O2S2. The first-order valence-corrected chi connectivity index (χ1v) is 13.2. The number of anilines is 2. The van der Waals surface area contributed by atoms with Gasteiger partial charge in [0.05, 0.1) is 29.1 Å². The first-order chi connectivity index (χ1) is 15.8. The zero-order valence-corrected chi connectivity index (χ0v) is 19.6. The number of nitrogens with zero attached hydrogens (tertiary/aromatic N) is 4. The second kappa shape index (κ2) is 8.74. The van der Waals surface area contributed by atoms with Crippen LogP contribution in [0.3, 0.4) is 0 Å². The van der Waals surface area contributed by atoms with E-state index in [1.165, 1.54) is 12.1 Å². The lowest BCUT2D eigenvalue weighted by molar-refractivity contribution is -0.0328. The monoisotopic (exact) mass is 498 g/mol. The predicted molar refractivity (Wildman–Crippen MR) is 122 cm³/mol. The lowest BCUT2D eigenvalue weighted by Crippen LogP contribution is -2.56. The molecule has 0 bridgehead atoms. The van der Waals surface area contributed by atoms with Gasteiger partial charge in [-0.05, 0) is 67.5 Å². The molecule has 1 aromatic heterocycles. The van der Waals surface area contributed by atoms with Crippen molar-refractivity contribution in [1.82, 2.24) is 9.97 Å². The normalized spacial score (nSPS) is 22.8. The molecule has 1 aliphatic carbocycles. The molecular weight excluding hydrogens is 473 g/mol. The van der Waals surface area contributed by atoms with E-state index in [1.54, 1.807) is 18.3 Å². The van der Waals surface area contributed by atoms with Gasteiger partial charge in [0.15, 0.2) is 5.82 Å². The molecule has 1 atom stereocenters. The van der Waals surface area contributed by atoms with Crippen molar-refractivity contribution >= 4 is 34.3 Å². The van der Waals surface area contributed by atoms with E-state index < -0.39 is 16.3 Å². The minimum absolute atomic E-state index is 0.0225. The molecule has 2 aliphatic heterocycles. The van der Waals surface area contributed by atoms with E-state index in [1.807, 2.05) is 4.90 Å². The zero-order valence-electron chi connectivity index (χ0n) is 17.9. The third-order valence-electron chi connectivity index (χ3n) is 6.98. The summed E-state index contributed by atoms with van der Waals surface area (Å²) in [6.45, 7) is 1.49. The van der Waals surface area contributed by atoms with E-state index in [0.717, 1.165) is 50.8 Å². The van der Waals surface area contributed by atoms with Crippen molar-refractivity contribution in [2.45, 2.75) is 58.9 Å². The third-order valence-corrected chi connectivity index (χ3v) is 9.00. The van der Waals surface area contributed by atoms with Crippen LogP contribution in [-0.2, 0) is 10.8 Å². The van der Waals surface area contributed by atoms with Crippen LogP contribution >= 0.6 is 11.8 Å². The van der Waals surface area contributed by atoms with E-state index in [-0.39, 0.29) is 34.7 Å². The van der Waals surface area contributed by atoms with Crippen molar-refractivity contribution in [3.8, 4) is 0 Å². The van der Waals surface area contributed by atoms with Crippen molar-refractivity contribution in [3.63, 3.8) is 0 Å². The summed E-state index contributed by atoms with van der Waals surface area (Å²) < 4.78 is 50.3. The maximum atomic E-state index is 12.6. The largest absolute Gasteiger partial charge is 0.446 e. The molecule has 11 heteroatoms. The number of hydrogen-bond donors (Lipinski definition) is 1. The van der Waals surface area contributed by atoms with Crippen LogP contribution < -0.4 is 9.80 Å². The molecule has 0 spiro atoms. The first kappa shape index (κ1) is 22.9. The van der Waals surface area contributed by atoms with Crippen LogP contribution in [0.15, 0.2) is 40.3 Å². The Morgan fingerprint density at radius 1 is 1.18 bits per heavy atom. The molecule has 178 valence electrons. The lowest BCUT2D eigenvalue weighted by atomic mass is 9.76. The van der Waals surface area contributed by atoms with Gasteiger partial charge in [-0.1, -0.05) is 12.1 Å². The van der Waals surface area contributed by atoms with Crippen molar-refractivity contribution < 1.29 is 22.5 Å². The number of thioether (sulfide) groups is 1. The molecule has 1 N–H and O–H groups in total. The summed E-state index contributed by atoms with van der Waals surface area (Å²) >= 11 is -0.0934. The fourth-order valence-corrected chi connectivity index (χ4v) is 6.76. The van der Waals surface area contributed by atoms with E-state index in [2.05, 4.69) is 9.88 Å². The number of aliphatic hydroxyl groups is 1. The lowest BCUT2D eigenvalue weighted by Gasteiger charge is -2.47. The van der Waals surface area contributed by atoms with Gasteiger partial charge >= 0.3 is 5.51 Å². The molecule has 3 heterocycles. The number of aromatic nitrogens is 2. The van der Waals surface area contributed by atoms with Gasteiger partial charge in [-0.15, -0.1) is 0 Å². The van der Waals surface area contributed by atoms with E-state index in [4.69, 9.17) is 4.98 Å². The number of fused-ring (bicyclic) bond motifs is 1. The van der Waals surface area contributed by atoms with Gasteiger partial charge in [0.1, 0.15) is 10.8 Å². The molecule has 1 aromatic carbocycles. The molecule has 3 aliphatic rings. The quantitative estimate of drug-likeness (QED) is 0.618. The molecule has 0 unspecified atom stereocenters. The fourth-order valence-electron chi connectivity index (χ4n) is 4.92. The molecule has 1 saturated carbocycles. The average molecular weight is 499 g/mol. The van der Waals surface area contributed by atoms with Gasteiger partial charge < -0.3 is 14.9 Å². The van der Waals surface area contributed by atoms with E-state index in [0.29, 0.717) is 22.5 Å². The van der Waals surface area contributed by atoms with Gasteiger partial charge in [0.2, 0.25) is 5.95 Å². The molecule has 0 amide bonds. The molecule has 2 aromatic rings. The summed E-state index contributed by atoms with van der Waals surface area (Å²) in [6, 6.07) is 6.66. The summed E-state index contributed by atoms with van der Waals surface area (Å²) in [4.78, 5) is 14.2. The SMILES string of the molecule is O=[S@@]1CN(C2(CO)CCC2)c2nc(N3CCC(c4ccc(SC(F)(F)F)cc4)CC3)ncc21. The van der Waals surface area contributed by atoms with Gasteiger partial charge in [-0.2, -0.15) is 18.2 Å². The van der Waals surface area contributed by atoms with Crippen LogP contribution in [0.25, 0.3) is 0 Å². The molecule has 0 radical (unpaired) electrons. The Kier molecular flexibility index (Phi) is 6.07. The second-order valence-electron chi connectivity index (χ2n) is 8.87. The van der Waals surface area contributed by atoms with Crippen molar-refractivity contribution in [1.29, 1.82) is 0 Å². The predicted octanol–water partition coefficient (Wildman–Crippen LogP) is 4.27. The van der Waals surface area contributed by atoms with Crippen LogP contribution in [0, 0.1) is 0 Å². The standard InChI is InChI=1S/C22H25F3N4O2S2/c23-22(24,25)32-17-4-2-15(3-5-17)16-6-10-28(11-7-16)20-26-12-18-19(27-20)29(14-33(18)31)21(13-30)8-1-9-21/h2-5,12,16,30H,1,6-11,13-14H2/t33-/m1/s1. The van der Waals surface area contributed by atoms with Crippen molar-refractivity contribution in [3.05, 3.63) is 36.0 Å². The Morgan fingerprint density at radius 3 is 2.45 bits per heavy atom. The number of hydrogen-bond acceptors (Lipinski definition) is 7. The number of alkyl halides is 3. The minimum atomic E-state index is -4.28. The zero-order chi connectivity index (χ0) is 23.2. The maximum Gasteiger partial charge on any atom is 0.446 e. The number of benzene rings is 1. The smallest absolute Gasteiger partial charge is 0.394 e. The maximum absolute atomic E-state index is 12.6. The molecule has 6 nitrogen and oxygen atoms in total. The average Bonchev–Trinajstić information content (AvgIpc) is 3.09. The van der Waals surface area contributed by atoms with Crippen LogP contribution in [0.4, 0.5) is 24.9 Å². The highest BCUT2D eigenvalue weighted by Crippen LogP contribution is 2.45. The van der Waals surface area contributed by atoms with Crippen molar-refractivity contribution in [2.75, 3.05) is 35.4 Å². The number of piperidine rings is 1. The van der Waals surface area contributed by atoms with Crippen LogP contribution in [0.1, 0.15) is 43.6 Å². The van der Waals surface area contributed by atoms with Gasteiger partial charge in [-0.3, -0.25) is 4.21 Å². The summed E-state index contributed by atoms with van der Waals surface area (Å²) in [5.74, 6) is 1.89. The topological polar surface area (TPSA) is 69.6 Å². The van der Waals surface area contributed by atoms with Crippen LogP contribution in [0.2, 0.25) is 0 Å². The Morgan fingerprint density at radius 2 is 1.88 bits per heavy atom. The van der Waals surface area contributed by atoms with Crippen LogP contribution in [-0.4, -0.2) is 55.9 Å². The Bertz CT molecular complexity index is 1030. The highest BCUT2D eigenvalue weighted by Gasteiger charge is 2.47. The van der Waals surface area contributed by atoms with Gasteiger partial charge in [-0.25, -0.2) is 4.98 Å². The summed E-state index contributed by atoms with van der Waals surface area (Å²) in [5, 5.41) is 9.99. The van der Waals surface area contributed by atoms with E-state index >= 15 is 0 Å². The minimum Gasteiger partial charge on any atom is -0.394 e. The number of aliphatic hydroxyl groups excluding tert-OH is 1.